The molecule has 1 N–H and O–H groups in total. The maximum atomic E-state index is 11.1. The van der Waals surface area contributed by atoms with Gasteiger partial charge in [-0.15, -0.1) is 0 Å². The Morgan fingerprint density at radius 1 is 1.37 bits per heavy atom. The van der Waals surface area contributed by atoms with Gasteiger partial charge in [0.1, 0.15) is 17.9 Å². The van der Waals surface area contributed by atoms with Crippen molar-refractivity contribution in [3.63, 3.8) is 0 Å². The van der Waals surface area contributed by atoms with E-state index in [1.165, 1.54) is 0 Å². The van der Waals surface area contributed by atoms with Crippen molar-refractivity contribution in [2.24, 2.45) is 0 Å². The van der Waals surface area contributed by atoms with Gasteiger partial charge in [0.05, 0.1) is 0 Å². The second-order valence-corrected chi connectivity index (χ2v) is 5.02. The van der Waals surface area contributed by atoms with Crippen LogP contribution in [0.15, 0.2) is 41.1 Å². The minimum Gasteiger partial charge on any atom is -0.488 e. The van der Waals surface area contributed by atoms with E-state index >= 15 is 0 Å². The summed E-state index contributed by atoms with van der Waals surface area (Å²) in [5.74, 6) is -0.630. The smallest absolute Gasteiger partial charge is 0.339 e. The molecule has 0 amide bonds. The van der Waals surface area contributed by atoms with Gasteiger partial charge < -0.3 is 9.84 Å². The first-order chi connectivity index (χ1) is 9.06. The number of aromatic nitrogens is 1. The molecular weight excluding hydrogens is 310 g/mol. The molecule has 0 atom stereocenters. The number of rotatable bonds is 4. The molecule has 0 bridgehead atoms. The SMILES string of the molecule is Cc1ccc(C(=O)O)c(OCc2cncc(Br)c2)c1. The van der Waals surface area contributed by atoms with Gasteiger partial charge >= 0.3 is 5.97 Å². The van der Waals surface area contributed by atoms with E-state index in [-0.39, 0.29) is 12.2 Å². The lowest BCUT2D eigenvalue weighted by molar-refractivity contribution is 0.0692. The van der Waals surface area contributed by atoms with Gasteiger partial charge in [0.25, 0.3) is 0 Å². The van der Waals surface area contributed by atoms with Crippen LogP contribution < -0.4 is 4.74 Å². The van der Waals surface area contributed by atoms with E-state index in [0.717, 1.165) is 15.6 Å². The molecule has 0 aliphatic rings. The first-order valence-corrected chi connectivity index (χ1v) is 6.42. The molecular formula is C14H12BrNO3. The molecule has 0 radical (unpaired) electrons. The highest BCUT2D eigenvalue weighted by molar-refractivity contribution is 9.10. The minimum absolute atomic E-state index is 0.161. The Hall–Kier alpha value is -1.88. The molecule has 0 aliphatic heterocycles. The standard InChI is InChI=1S/C14H12BrNO3/c1-9-2-3-12(14(17)18)13(4-9)19-8-10-5-11(15)7-16-6-10/h2-7H,8H2,1H3,(H,17,18). The van der Waals surface area contributed by atoms with Crippen LogP contribution in [-0.2, 0) is 6.61 Å². The second-order valence-electron chi connectivity index (χ2n) is 4.10. The average molecular weight is 322 g/mol. The lowest BCUT2D eigenvalue weighted by atomic mass is 10.1. The van der Waals surface area contributed by atoms with Crippen LogP contribution in [0.2, 0.25) is 0 Å². The Morgan fingerprint density at radius 3 is 2.84 bits per heavy atom. The first-order valence-electron chi connectivity index (χ1n) is 5.62. The van der Waals surface area contributed by atoms with E-state index in [0.29, 0.717) is 5.75 Å². The first kappa shape index (κ1) is 13.5. The average Bonchev–Trinajstić information content (AvgIpc) is 2.36. The molecule has 0 unspecified atom stereocenters. The fourth-order valence-corrected chi connectivity index (χ4v) is 2.03. The van der Waals surface area contributed by atoms with Crippen LogP contribution in [0.1, 0.15) is 21.5 Å². The topological polar surface area (TPSA) is 59.4 Å². The predicted molar refractivity (Wildman–Crippen MR) is 74.4 cm³/mol. The largest absolute Gasteiger partial charge is 0.488 e. The number of carboxylic acids is 1. The molecule has 1 aromatic carbocycles. The van der Waals surface area contributed by atoms with Gasteiger partial charge in [-0.3, -0.25) is 4.98 Å². The summed E-state index contributed by atoms with van der Waals surface area (Å²) < 4.78 is 6.44. The normalized spacial score (nSPS) is 10.2. The van der Waals surface area contributed by atoms with Gasteiger partial charge in [0, 0.05) is 22.4 Å². The maximum Gasteiger partial charge on any atom is 0.339 e. The monoisotopic (exact) mass is 321 g/mol. The fraction of sp³-hybridized carbons (Fsp3) is 0.143. The zero-order chi connectivity index (χ0) is 13.8. The van der Waals surface area contributed by atoms with Crippen molar-refractivity contribution in [3.8, 4) is 5.75 Å². The van der Waals surface area contributed by atoms with Crippen molar-refractivity contribution in [2.45, 2.75) is 13.5 Å². The van der Waals surface area contributed by atoms with Gasteiger partial charge in [-0.25, -0.2) is 4.79 Å². The van der Waals surface area contributed by atoms with Gasteiger partial charge in [0.2, 0.25) is 0 Å². The Balaban J connectivity index is 2.19. The second kappa shape index (κ2) is 5.84. The quantitative estimate of drug-likeness (QED) is 0.937. The molecule has 0 spiro atoms. The van der Waals surface area contributed by atoms with Crippen LogP contribution in [0, 0.1) is 6.92 Å². The van der Waals surface area contributed by atoms with Crippen LogP contribution in [0.4, 0.5) is 0 Å². The third-order valence-corrected chi connectivity index (χ3v) is 2.96. The maximum absolute atomic E-state index is 11.1. The van der Waals surface area contributed by atoms with Crippen LogP contribution in [-0.4, -0.2) is 16.1 Å². The molecule has 0 aliphatic carbocycles. The van der Waals surface area contributed by atoms with E-state index in [4.69, 9.17) is 9.84 Å². The van der Waals surface area contributed by atoms with Gasteiger partial charge in [-0.05, 0) is 46.6 Å². The van der Waals surface area contributed by atoms with Crippen LogP contribution in [0.25, 0.3) is 0 Å². The zero-order valence-corrected chi connectivity index (χ0v) is 11.8. The van der Waals surface area contributed by atoms with Gasteiger partial charge in [-0.1, -0.05) is 6.07 Å². The Labute approximate surface area is 119 Å². The van der Waals surface area contributed by atoms with E-state index < -0.39 is 5.97 Å². The van der Waals surface area contributed by atoms with E-state index in [9.17, 15) is 4.79 Å². The summed E-state index contributed by atoms with van der Waals surface area (Å²) >= 11 is 3.33. The number of ether oxygens (including phenoxy) is 1. The van der Waals surface area contributed by atoms with Crippen molar-refractivity contribution in [2.75, 3.05) is 0 Å². The summed E-state index contributed by atoms with van der Waals surface area (Å²) in [7, 11) is 0. The van der Waals surface area contributed by atoms with Crippen LogP contribution >= 0.6 is 15.9 Å². The van der Waals surface area contributed by atoms with Crippen LogP contribution in [0.5, 0.6) is 5.75 Å². The molecule has 4 nitrogen and oxygen atoms in total. The van der Waals surface area contributed by atoms with E-state index in [2.05, 4.69) is 20.9 Å². The zero-order valence-electron chi connectivity index (χ0n) is 10.3. The summed E-state index contributed by atoms with van der Waals surface area (Å²) in [6.07, 6.45) is 3.36. The number of halogens is 1. The van der Waals surface area contributed by atoms with E-state index in [1.54, 1.807) is 30.6 Å². The number of carbonyl (C=O) groups is 1. The number of hydrogen-bond acceptors (Lipinski definition) is 3. The highest BCUT2D eigenvalue weighted by Gasteiger charge is 2.11. The Kier molecular flexibility index (Phi) is 4.16. The van der Waals surface area contributed by atoms with Crippen molar-refractivity contribution in [3.05, 3.63) is 57.8 Å². The highest BCUT2D eigenvalue weighted by atomic mass is 79.9. The van der Waals surface area contributed by atoms with Crippen molar-refractivity contribution < 1.29 is 14.6 Å². The summed E-state index contributed by atoms with van der Waals surface area (Å²) in [6.45, 7) is 2.16. The summed E-state index contributed by atoms with van der Waals surface area (Å²) in [5.41, 5.74) is 1.98. The summed E-state index contributed by atoms with van der Waals surface area (Å²) in [4.78, 5) is 15.1. The summed E-state index contributed by atoms with van der Waals surface area (Å²) in [5, 5.41) is 9.10. The van der Waals surface area contributed by atoms with E-state index in [1.807, 2.05) is 13.0 Å². The minimum atomic E-state index is -0.998. The third-order valence-electron chi connectivity index (χ3n) is 2.52. The van der Waals surface area contributed by atoms with Crippen LogP contribution in [0.3, 0.4) is 0 Å². The van der Waals surface area contributed by atoms with Crippen molar-refractivity contribution >= 4 is 21.9 Å². The molecule has 19 heavy (non-hydrogen) atoms. The lowest BCUT2D eigenvalue weighted by Gasteiger charge is -2.10. The Morgan fingerprint density at radius 2 is 2.16 bits per heavy atom. The molecule has 98 valence electrons. The van der Waals surface area contributed by atoms with Crippen molar-refractivity contribution in [1.29, 1.82) is 0 Å². The summed E-state index contributed by atoms with van der Waals surface area (Å²) in [6, 6.07) is 6.89. The highest BCUT2D eigenvalue weighted by Crippen LogP contribution is 2.22. The number of nitrogens with zero attached hydrogens (tertiary/aromatic N) is 1. The molecule has 1 aromatic heterocycles. The third kappa shape index (κ3) is 3.54. The number of aryl methyl sites for hydroxylation is 1. The number of pyridine rings is 1. The molecule has 2 rings (SSSR count). The Bertz CT molecular complexity index is 613. The molecule has 0 saturated heterocycles. The van der Waals surface area contributed by atoms with Gasteiger partial charge in [0.15, 0.2) is 0 Å². The molecule has 1 heterocycles. The molecule has 0 fully saturated rings. The number of hydrogen-bond donors (Lipinski definition) is 1. The predicted octanol–water partition coefficient (Wildman–Crippen LogP) is 3.43. The fourth-order valence-electron chi connectivity index (χ4n) is 1.62. The number of benzene rings is 1. The number of aromatic carboxylic acids is 1. The number of carboxylic acid groups (broad SMARTS) is 1. The lowest BCUT2D eigenvalue weighted by Crippen LogP contribution is -2.04. The molecule has 2 aromatic rings. The molecule has 0 saturated carbocycles. The molecule has 5 heteroatoms. The van der Waals surface area contributed by atoms with Gasteiger partial charge in [-0.2, -0.15) is 0 Å². The van der Waals surface area contributed by atoms with Crippen molar-refractivity contribution in [1.82, 2.24) is 4.98 Å².